The van der Waals surface area contributed by atoms with E-state index < -0.39 is 10.0 Å². The molecule has 0 amide bonds. The van der Waals surface area contributed by atoms with Crippen molar-refractivity contribution in [2.75, 3.05) is 18.1 Å². The van der Waals surface area contributed by atoms with Crippen LogP contribution in [-0.2, 0) is 10.0 Å². The summed E-state index contributed by atoms with van der Waals surface area (Å²) in [5.74, 6) is 3.25. The number of aryl methyl sites for hydroxylation is 1. The third kappa shape index (κ3) is 2.78. The molecular weight excluding hydrogens is 246 g/mol. The summed E-state index contributed by atoms with van der Waals surface area (Å²) in [6, 6.07) is 0. The van der Waals surface area contributed by atoms with Crippen molar-refractivity contribution >= 4 is 21.8 Å². The van der Waals surface area contributed by atoms with Crippen molar-refractivity contribution in [1.82, 2.24) is 14.7 Å². The molecule has 1 aliphatic heterocycles. The Kier molecular flexibility index (Phi) is 3.56. The van der Waals surface area contributed by atoms with Crippen LogP contribution in [-0.4, -0.2) is 36.4 Å². The molecule has 1 unspecified atom stereocenters. The number of imidazole rings is 1. The van der Waals surface area contributed by atoms with Crippen LogP contribution in [0.2, 0.25) is 0 Å². The number of aromatic amines is 1. The average molecular weight is 261 g/mol. The zero-order valence-corrected chi connectivity index (χ0v) is 10.7. The molecule has 0 radical (unpaired) electrons. The molecule has 0 saturated carbocycles. The van der Waals surface area contributed by atoms with Crippen molar-refractivity contribution in [3.63, 3.8) is 0 Å². The molecule has 5 nitrogen and oxygen atoms in total. The Hall–Kier alpha value is -0.530. The Morgan fingerprint density at radius 3 is 3.06 bits per heavy atom. The summed E-state index contributed by atoms with van der Waals surface area (Å²) in [6.07, 6.45) is 2.44. The van der Waals surface area contributed by atoms with Crippen LogP contribution in [0, 0.1) is 12.8 Å². The van der Waals surface area contributed by atoms with Crippen molar-refractivity contribution in [3.05, 3.63) is 12.0 Å². The maximum Gasteiger partial charge on any atom is 0.257 e. The lowest BCUT2D eigenvalue weighted by Gasteiger charge is -2.09. The number of rotatable bonds is 4. The summed E-state index contributed by atoms with van der Waals surface area (Å²) >= 11 is 1.88. The van der Waals surface area contributed by atoms with Gasteiger partial charge in [-0.1, -0.05) is 0 Å². The van der Waals surface area contributed by atoms with Crippen molar-refractivity contribution in [3.8, 4) is 0 Å². The zero-order chi connectivity index (χ0) is 11.6. The van der Waals surface area contributed by atoms with Gasteiger partial charge in [0.25, 0.3) is 10.0 Å². The molecule has 2 N–H and O–H groups in total. The molecule has 0 spiro atoms. The van der Waals surface area contributed by atoms with E-state index in [2.05, 4.69) is 14.7 Å². The van der Waals surface area contributed by atoms with Crippen LogP contribution < -0.4 is 4.72 Å². The second-order valence-corrected chi connectivity index (χ2v) is 6.80. The number of thioether (sulfide) groups is 1. The Labute approximate surface area is 99.5 Å². The third-order valence-electron chi connectivity index (χ3n) is 2.56. The SMILES string of the molecule is Cc1ncc(S(=O)(=O)NCC2CCSC2)[nH]1. The minimum Gasteiger partial charge on any atom is -0.332 e. The Balaban J connectivity index is 1.97. The standard InChI is InChI=1S/C9H15N3O2S2/c1-7-10-5-9(12-7)16(13,14)11-4-8-2-3-15-6-8/h5,8,11H,2-4,6H2,1H3,(H,10,12). The number of nitrogens with one attached hydrogen (secondary N) is 2. The lowest BCUT2D eigenvalue weighted by atomic mass is 10.1. The van der Waals surface area contributed by atoms with Crippen LogP contribution in [0.5, 0.6) is 0 Å². The van der Waals surface area contributed by atoms with Crippen LogP contribution >= 0.6 is 11.8 Å². The highest BCUT2D eigenvalue weighted by Crippen LogP contribution is 2.22. The molecule has 1 fully saturated rings. The van der Waals surface area contributed by atoms with Gasteiger partial charge >= 0.3 is 0 Å². The van der Waals surface area contributed by atoms with Gasteiger partial charge < -0.3 is 4.98 Å². The molecule has 1 aromatic rings. The second-order valence-electron chi connectivity index (χ2n) is 3.91. The van der Waals surface area contributed by atoms with Crippen molar-refractivity contribution < 1.29 is 8.42 Å². The van der Waals surface area contributed by atoms with Crippen LogP contribution in [0.3, 0.4) is 0 Å². The molecule has 1 saturated heterocycles. The van der Waals surface area contributed by atoms with E-state index in [9.17, 15) is 8.42 Å². The van der Waals surface area contributed by atoms with E-state index in [1.807, 2.05) is 11.8 Å². The summed E-state index contributed by atoms with van der Waals surface area (Å²) in [5, 5.41) is 0.149. The fourth-order valence-corrected chi connectivity index (χ4v) is 3.95. The van der Waals surface area contributed by atoms with Gasteiger partial charge in [0.15, 0.2) is 5.03 Å². The van der Waals surface area contributed by atoms with E-state index in [-0.39, 0.29) is 5.03 Å². The number of nitrogens with zero attached hydrogens (tertiary/aromatic N) is 1. The number of H-pyrrole nitrogens is 1. The quantitative estimate of drug-likeness (QED) is 0.838. The summed E-state index contributed by atoms with van der Waals surface area (Å²) in [6.45, 7) is 2.25. The maximum absolute atomic E-state index is 11.8. The maximum atomic E-state index is 11.8. The van der Waals surface area contributed by atoms with Gasteiger partial charge in [0, 0.05) is 6.54 Å². The van der Waals surface area contributed by atoms with Crippen molar-refractivity contribution in [2.45, 2.75) is 18.4 Å². The first-order chi connectivity index (χ1) is 7.58. The van der Waals surface area contributed by atoms with E-state index in [0.29, 0.717) is 18.3 Å². The fraction of sp³-hybridized carbons (Fsp3) is 0.667. The van der Waals surface area contributed by atoms with Gasteiger partial charge in [-0.05, 0) is 30.8 Å². The molecule has 7 heteroatoms. The highest BCUT2D eigenvalue weighted by Gasteiger charge is 2.21. The molecule has 16 heavy (non-hydrogen) atoms. The normalized spacial score (nSPS) is 21.4. The molecule has 1 atom stereocenters. The predicted octanol–water partition coefficient (Wildman–Crippen LogP) is 0.750. The molecule has 2 heterocycles. The first-order valence-corrected chi connectivity index (χ1v) is 7.81. The lowest BCUT2D eigenvalue weighted by molar-refractivity contribution is 0.543. The Morgan fingerprint density at radius 1 is 1.69 bits per heavy atom. The molecule has 0 bridgehead atoms. The number of hydrogen-bond donors (Lipinski definition) is 2. The molecule has 90 valence electrons. The van der Waals surface area contributed by atoms with E-state index in [4.69, 9.17) is 0 Å². The predicted molar refractivity (Wildman–Crippen MR) is 63.9 cm³/mol. The van der Waals surface area contributed by atoms with Crippen LogP contribution in [0.1, 0.15) is 12.2 Å². The van der Waals surface area contributed by atoms with E-state index >= 15 is 0 Å². The van der Waals surface area contributed by atoms with Crippen LogP contribution in [0.15, 0.2) is 11.2 Å². The smallest absolute Gasteiger partial charge is 0.257 e. The number of aromatic nitrogens is 2. The van der Waals surface area contributed by atoms with Crippen LogP contribution in [0.4, 0.5) is 0 Å². The van der Waals surface area contributed by atoms with Gasteiger partial charge in [-0.25, -0.2) is 18.1 Å². The first-order valence-electron chi connectivity index (χ1n) is 5.17. The van der Waals surface area contributed by atoms with E-state index in [1.54, 1.807) is 6.92 Å². The molecule has 2 rings (SSSR count). The first kappa shape index (κ1) is 11.9. The van der Waals surface area contributed by atoms with E-state index in [0.717, 1.165) is 17.9 Å². The highest BCUT2D eigenvalue weighted by molar-refractivity contribution is 7.99. The average Bonchev–Trinajstić information content (AvgIpc) is 2.85. The van der Waals surface area contributed by atoms with Gasteiger partial charge in [0.05, 0.1) is 6.20 Å². The molecular formula is C9H15N3O2S2. The minimum atomic E-state index is -3.40. The summed E-state index contributed by atoms with van der Waals surface area (Å²) < 4.78 is 26.2. The summed E-state index contributed by atoms with van der Waals surface area (Å²) in [4.78, 5) is 6.61. The Bertz CT molecular complexity index is 449. The van der Waals surface area contributed by atoms with Crippen LogP contribution in [0.25, 0.3) is 0 Å². The molecule has 0 aromatic carbocycles. The summed E-state index contributed by atoms with van der Waals surface area (Å²) in [7, 11) is -3.40. The third-order valence-corrected chi connectivity index (χ3v) is 5.12. The second kappa shape index (κ2) is 4.77. The van der Waals surface area contributed by atoms with Gasteiger partial charge in [-0.3, -0.25) is 0 Å². The largest absolute Gasteiger partial charge is 0.332 e. The molecule has 1 aromatic heterocycles. The topological polar surface area (TPSA) is 74.8 Å². The lowest BCUT2D eigenvalue weighted by Crippen LogP contribution is -2.29. The molecule has 0 aliphatic carbocycles. The van der Waals surface area contributed by atoms with Crippen molar-refractivity contribution in [2.24, 2.45) is 5.92 Å². The van der Waals surface area contributed by atoms with E-state index in [1.165, 1.54) is 6.20 Å². The highest BCUT2D eigenvalue weighted by atomic mass is 32.2. The van der Waals surface area contributed by atoms with Gasteiger partial charge in [0.1, 0.15) is 5.82 Å². The molecule has 1 aliphatic rings. The minimum absolute atomic E-state index is 0.149. The number of sulfonamides is 1. The van der Waals surface area contributed by atoms with Gasteiger partial charge in [-0.2, -0.15) is 11.8 Å². The Morgan fingerprint density at radius 2 is 2.50 bits per heavy atom. The summed E-state index contributed by atoms with van der Waals surface area (Å²) in [5.41, 5.74) is 0. The van der Waals surface area contributed by atoms with Gasteiger partial charge in [-0.15, -0.1) is 0 Å². The fourth-order valence-electron chi connectivity index (χ4n) is 1.58. The van der Waals surface area contributed by atoms with Gasteiger partial charge in [0.2, 0.25) is 0 Å². The zero-order valence-electron chi connectivity index (χ0n) is 9.06. The monoisotopic (exact) mass is 261 g/mol. The van der Waals surface area contributed by atoms with Crippen molar-refractivity contribution in [1.29, 1.82) is 0 Å². The number of hydrogen-bond acceptors (Lipinski definition) is 4.